The molecule has 0 aliphatic heterocycles. The Morgan fingerprint density at radius 1 is 0.833 bits per heavy atom. The first-order valence-corrected chi connectivity index (χ1v) is 10.0. The first-order valence-electron chi connectivity index (χ1n) is 8.61. The molecule has 0 aliphatic carbocycles. The second-order valence-electron chi connectivity index (χ2n) is 6.01. The van der Waals surface area contributed by atoms with E-state index < -0.39 is 10.1 Å². The van der Waals surface area contributed by atoms with Crippen LogP contribution in [0.4, 0.5) is 0 Å². The van der Waals surface area contributed by atoms with Crippen molar-refractivity contribution in [3.63, 3.8) is 0 Å². The molecule has 5 heteroatoms. The zero-order valence-corrected chi connectivity index (χ0v) is 18.1. The van der Waals surface area contributed by atoms with Gasteiger partial charge in [0.25, 0.3) is 10.1 Å². The molecule has 0 heterocycles. The third kappa shape index (κ3) is 11.6. The van der Waals surface area contributed by atoms with Crippen LogP contribution < -0.4 is 0 Å². The SMILES string of the molecule is CCCCCCCCCCCCc1ccccc1S(=O)(=O)O.[C].[Na]. The average Bonchev–Trinajstić information content (AvgIpc) is 2.48. The van der Waals surface area contributed by atoms with Crippen LogP contribution in [-0.2, 0) is 16.5 Å². The molecule has 0 spiro atoms. The molecule has 0 bridgehead atoms. The van der Waals surface area contributed by atoms with Crippen molar-refractivity contribution in [3.05, 3.63) is 37.3 Å². The van der Waals surface area contributed by atoms with Crippen molar-refractivity contribution in [3.8, 4) is 0 Å². The summed E-state index contributed by atoms with van der Waals surface area (Å²) in [5.41, 5.74) is 0.726. The van der Waals surface area contributed by atoms with Crippen molar-refractivity contribution < 1.29 is 13.0 Å². The maximum absolute atomic E-state index is 11.3. The molecule has 1 aromatic rings. The van der Waals surface area contributed by atoms with Gasteiger partial charge in [-0.1, -0.05) is 82.9 Å². The van der Waals surface area contributed by atoms with Gasteiger partial charge in [0.15, 0.2) is 0 Å². The topological polar surface area (TPSA) is 54.4 Å². The van der Waals surface area contributed by atoms with Crippen LogP contribution >= 0.6 is 0 Å². The monoisotopic (exact) mass is 361 g/mol. The van der Waals surface area contributed by atoms with E-state index in [2.05, 4.69) is 6.92 Å². The van der Waals surface area contributed by atoms with E-state index in [0.717, 1.165) is 18.4 Å². The maximum atomic E-state index is 11.3. The number of hydrogen-bond donors (Lipinski definition) is 1. The summed E-state index contributed by atoms with van der Waals surface area (Å²) >= 11 is 0. The molecule has 1 rings (SSSR count). The normalized spacial score (nSPS) is 10.8. The van der Waals surface area contributed by atoms with Gasteiger partial charge < -0.3 is 0 Å². The van der Waals surface area contributed by atoms with E-state index in [-0.39, 0.29) is 41.9 Å². The van der Waals surface area contributed by atoms with Crippen molar-refractivity contribution in [2.24, 2.45) is 0 Å². The molecule has 1 aromatic carbocycles. The van der Waals surface area contributed by atoms with Gasteiger partial charge in [-0.25, -0.2) is 0 Å². The number of benzene rings is 1. The number of rotatable bonds is 12. The van der Waals surface area contributed by atoms with Gasteiger partial charge >= 0.3 is 0 Å². The Morgan fingerprint density at radius 3 is 1.79 bits per heavy atom. The second kappa shape index (κ2) is 15.4. The van der Waals surface area contributed by atoms with Gasteiger partial charge in [0.2, 0.25) is 0 Å². The fourth-order valence-electron chi connectivity index (χ4n) is 2.76. The summed E-state index contributed by atoms with van der Waals surface area (Å²) in [6.45, 7) is 2.24. The summed E-state index contributed by atoms with van der Waals surface area (Å²) in [7, 11) is -4.10. The first kappa shape index (κ1) is 26.4. The Kier molecular flexibility index (Phi) is 16.9. The molecule has 0 aliphatic rings. The Balaban J connectivity index is 0. The van der Waals surface area contributed by atoms with Crippen LogP contribution in [0.3, 0.4) is 0 Å². The van der Waals surface area contributed by atoms with Crippen molar-refractivity contribution in [2.45, 2.75) is 82.4 Å². The Bertz CT molecular complexity index is 515. The number of unbranched alkanes of at least 4 members (excludes halogenated alkanes) is 9. The minimum atomic E-state index is -4.10. The molecule has 24 heavy (non-hydrogen) atoms. The van der Waals surface area contributed by atoms with Gasteiger partial charge in [-0.15, -0.1) is 0 Å². The van der Waals surface area contributed by atoms with Crippen molar-refractivity contribution in [2.75, 3.05) is 0 Å². The van der Waals surface area contributed by atoms with Crippen LogP contribution in [0.5, 0.6) is 0 Å². The molecule has 0 amide bonds. The molecule has 131 valence electrons. The van der Waals surface area contributed by atoms with Crippen LogP contribution in [0.1, 0.15) is 76.7 Å². The Morgan fingerprint density at radius 2 is 1.29 bits per heavy atom. The zero-order valence-electron chi connectivity index (χ0n) is 15.3. The van der Waals surface area contributed by atoms with Crippen LogP contribution in [0.25, 0.3) is 0 Å². The summed E-state index contributed by atoms with van der Waals surface area (Å²) in [6, 6.07) is 6.73. The molecule has 0 unspecified atom stereocenters. The summed E-state index contributed by atoms with van der Waals surface area (Å²) in [4.78, 5) is 0.0610. The third-order valence-corrected chi connectivity index (χ3v) is 5.00. The number of hydrogen-bond acceptors (Lipinski definition) is 2. The quantitative estimate of drug-likeness (QED) is 0.320. The van der Waals surface area contributed by atoms with Crippen LogP contribution in [0.2, 0.25) is 0 Å². The van der Waals surface area contributed by atoms with Gasteiger partial charge in [0, 0.05) is 37.0 Å². The second-order valence-corrected chi connectivity index (χ2v) is 7.40. The molecule has 3 nitrogen and oxygen atoms in total. The van der Waals surface area contributed by atoms with E-state index in [1.54, 1.807) is 12.1 Å². The molecule has 0 aromatic heterocycles. The number of aryl methyl sites for hydroxylation is 1. The van der Waals surface area contributed by atoms with E-state index in [9.17, 15) is 13.0 Å². The standard InChI is InChI=1S/C18H30O3S.C.Na/c1-2-3-4-5-6-7-8-9-10-11-14-17-15-12-13-16-18(17)22(19,20)21;;/h12-13,15-16H,2-11,14H2,1H3,(H,19,20,21);;. The molecular formula is C19H30NaO3S. The Hall–Kier alpha value is 0.130. The summed E-state index contributed by atoms with van der Waals surface area (Å²) in [5.74, 6) is 0. The minimum Gasteiger partial charge on any atom is -0.282 e. The summed E-state index contributed by atoms with van der Waals surface area (Å²) < 4.78 is 31.8. The third-order valence-electron chi connectivity index (χ3n) is 4.05. The van der Waals surface area contributed by atoms with Gasteiger partial charge in [0.1, 0.15) is 0 Å². The van der Waals surface area contributed by atoms with Crippen molar-refractivity contribution >= 4 is 39.7 Å². The predicted molar refractivity (Wildman–Crippen MR) is 101 cm³/mol. The van der Waals surface area contributed by atoms with Crippen LogP contribution in [0.15, 0.2) is 29.2 Å². The zero-order chi connectivity index (χ0) is 16.3. The predicted octanol–water partition coefficient (Wildman–Crippen LogP) is 5.10. The van der Waals surface area contributed by atoms with E-state index >= 15 is 0 Å². The van der Waals surface area contributed by atoms with Crippen molar-refractivity contribution in [1.82, 2.24) is 0 Å². The van der Waals surface area contributed by atoms with E-state index in [1.807, 2.05) is 6.07 Å². The van der Waals surface area contributed by atoms with E-state index in [4.69, 9.17) is 0 Å². The maximum Gasteiger partial charge on any atom is 0.294 e. The Labute approximate surface area is 171 Å². The summed E-state index contributed by atoms with van der Waals surface area (Å²) in [6.07, 6.45) is 13.3. The molecule has 0 saturated carbocycles. The average molecular weight is 362 g/mol. The molecule has 0 fully saturated rings. The largest absolute Gasteiger partial charge is 0.294 e. The molecule has 0 saturated heterocycles. The first-order chi connectivity index (χ1) is 10.6. The fourth-order valence-corrected chi connectivity index (χ4v) is 3.52. The van der Waals surface area contributed by atoms with Crippen LogP contribution in [-0.4, -0.2) is 42.5 Å². The van der Waals surface area contributed by atoms with Gasteiger partial charge in [-0.3, -0.25) is 4.55 Å². The molecule has 0 atom stereocenters. The van der Waals surface area contributed by atoms with Gasteiger partial charge in [-0.05, 0) is 24.5 Å². The molecular weight excluding hydrogens is 331 g/mol. The summed E-state index contributed by atoms with van der Waals surface area (Å²) in [5, 5.41) is 0. The smallest absolute Gasteiger partial charge is 0.282 e. The van der Waals surface area contributed by atoms with Crippen molar-refractivity contribution in [1.29, 1.82) is 0 Å². The molecule has 1 N–H and O–H groups in total. The van der Waals surface area contributed by atoms with Crippen LogP contribution in [0, 0.1) is 7.43 Å². The van der Waals surface area contributed by atoms with Gasteiger partial charge in [0.05, 0.1) is 4.90 Å². The van der Waals surface area contributed by atoms with Gasteiger partial charge in [-0.2, -0.15) is 8.42 Å². The minimum absolute atomic E-state index is 0. The molecule has 5 radical (unpaired) electrons. The van der Waals surface area contributed by atoms with E-state index in [1.165, 1.54) is 57.4 Å². The fraction of sp³-hybridized carbons (Fsp3) is 0.632. The van der Waals surface area contributed by atoms with E-state index in [0.29, 0.717) is 6.42 Å².